The zero-order valence-electron chi connectivity index (χ0n) is 12.1. The molecule has 3 N–H and O–H groups in total. The lowest BCUT2D eigenvalue weighted by Crippen LogP contribution is -2.30. The molecule has 1 unspecified atom stereocenters. The van der Waals surface area contributed by atoms with Crippen molar-refractivity contribution in [2.75, 3.05) is 0 Å². The van der Waals surface area contributed by atoms with Crippen molar-refractivity contribution in [1.29, 1.82) is 0 Å². The van der Waals surface area contributed by atoms with Crippen LogP contribution in [0.25, 0.3) is 10.9 Å². The van der Waals surface area contributed by atoms with Gasteiger partial charge in [0.15, 0.2) is 0 Å². The van der Waals surface area contributed by atoms with Gasteiger partial charge in [0.2, 0.25) is 0 Å². The zero-order chi connectivity index (χ0) is 14.5. The summed E-state index contributed by atoms with van der Waals surface area (Å²) in [5.74, 6) is 6.43. The van der Waals surface area contributed by atoms with Crippen LogP contribution < -0.4 is 11.3 Å². The first-order chi connectivity index (χ1) is 9.69. The van der Waals surface area contributed by atoms with Gasteiger partial charge in [0.1, 0.15) is 0 Å². The van der Waals surface area contributed by atoms with Gasteiger partial charge in [-0.15, -0.1) is 0 Å². The maximum absolute atomic E-state index is 5.76. The lowest BCUT2D eigenvalue weighted by Gasteiger charge is -2.22. The number of halogens is 1. The molecule has 20 heavy (non-hydrogen) atoms. The molecule has 1 aromatic heterocycles. The number of nitrogens with zero attached hydrogens (tertiary/aromatic N) is 1. The molecule has 108 valence electrons. The lowest BCUT2D eigenvalue weighted by molar-refractivity contribution is 0.370. The molecular formula is C16H22BrN3. The fraction of sp³-hybridized carbons (Fsp3) is 0.438. The quantitative estimate of drug-likeness (QED) is 0.610. The van der Waals surface area contributed by atoms with Crippen LogP contribution in [0.3, 0.4) is 0 Å². The Balaban J connectivity index is 2.35. The molecule has 0 amide bonds. The third-order valence-corrected chi connectivity index (χ3v) is 4.59. The van der Waals surface area contributed by atoms with Gasteiger partial charge in [0.25, 0.3) is 0 Å². The highest BCUT2D eigenvalue weighted by molar-refractivity contribution is 9.10. The Morgan fingerprint density at radius 1 is 1.25 bits per heavy atom. The number of para-hydroxylation sites is 1. The van der Waals surface area contributed by atoms with Crippen LogP contribution in [0, 0.1) is 5.92 Å². The van der Waals surface area contributed by atoms with E-state index in [0.29, 0.717) is 5.92 Å². The molecule has 0 spiro atoms. The summed E-state index contributed by atoms with van der Waals surface area (Å²) in [6.45, 7) is 4.45. The number of benzene rings is 1. The van der Waals surface area contributed by atoms with Crippen LogP contribution in [-0.2, 0) is 0 Å². The van der Waals surface area contributed by atoms with E-state index in [0.717, 1.165) is 27.5 Å². The molecule has 0 saturated carbocycles. The van der Waals surface area contributed by atoms with E-state index in [-0.39, 0.29) is 6.04 Å². The second-order valence-electron chi connectivity index (χ2n) is 5.19. The van der Waals surface area contributed by atoms with E-state index in [1.807, 2.05) is 18.2 Å². The van der Waals surface area contributed by atoms with Crippen LogP contribution in [0.4, 0.5) is 0 Å². The number of pyridine rings is 1. The Labute approximate surface area is 129 Å². The highest BCUT2D eigenvalue weighted by Crippen LogP contribution is 2.30. The molecule has 2 aromatic rings. The lowest BCUT2D eigenvalue weighted by atomic mass is 9.93. The number of rotatable bonds is 6. The van der Waals surface area contributed by atoms with E-state index in [2.05, 4.69) is 47.3 Å². The van der Waals surface area contributed by atoms with Gasteiger partial charge in [-0.2, -0.15) is 0 Å². The SMILES string of the molecule is CCC(CC)CC(NN)c1nc2ccccc2cc1Br. The minimum atomic E-state index is 0.0823. The molecule has 0 radical (unpaired) electrons. The number of hydrogen-bond acceptors (Lipinski definition) is 3. The first-order valence-corrected chi connectivity index (χ1v) is 8.00. The van der Waals surface area contributed by atoms with Crippen molar-refractivity contribution < 1.29 is 0 Å². The minimum Gasteiger partial charge on any atom is -0.271 e. The van der Waals surface area contributed by atoms with Gasteiger partial charge in [-0.3, -0.25) is 11.3 Å². The van der Waals surface area contributed by atoms with Crippen molar-refractivity contribution in [2.45, 2.75) is 39.2 Å². The molecule has 3 nitrogen and oxygen atoms in total. The highest BCUT2D eigenvalue weighted by Gasteiger charge is 2.19. The number of hydrogen-bond donors (Lipinski definition) is 2. The average Bonchev–Trinajstić information content (AvgIpc) is 2.48. The number of hydrazine groups is 1. The summed E-state index contributed by atoms with van der Waals surface area (Å²) in [5, 5.41) is 1.14. The van der Waals surface area contributed by atoms with E-state index in [4.69, 9.17) is 10.8 Å². The van der Waals surface area contributed by atoms with Gasteiger partial charge in [0.05, 0.1) is 17.3 Å². The predicted molar refractivity (Wildman–Crippen MR) is 88.2 cm³/mol. The third-order valence-electron chi connectivity index (χ3n) is 3.96. The molecule has 0 saturated heterocycles. The molecule has 0 aliphatic rings. The van der Waals surface area contributed by atoms with E-state index < -0.39 is 0 Å². The minimum absolute atomic E-state index is 0.0823. The molecule has 0 aliphatic heterocycles. The molecule has 4 heteroatoms. The Hall–Kier alpha value is -0.970. The summed E-state index contributed by atoms with van der Waals surface area (Å²) in [5.41, 5.74) is 4.94. The monoisotopic (exact) mass is 335 g/mol. The Bertz CT molecular complexity index is 567. The molecule has 0 fully saturated rings. The van der Waals surface area contributed by atoms with Crippen molar-refractivity contribution in [3.05, 3.63) is 40.5 Å². The van der Waals surface area contributed by atoms with Gasteiger partial charge < -0.3 is 0 Å². The normalized spacial score (nSPS) is 13.1. The van der Waals surface area contributed by atoms with E-state index in [1.54, 1.807) is 0 Å². The summed E-state index contributed by atoms with van der Waals surface area (Å²) in [6, 6.07) is 10.4. The molecule has 1 heterocycles. The summed E-state index contributed by atoms with van der Waals surface area (Å²) in [4.78, 5) is 4.78. The van der Waals surface area contributed by atoms with Gasteiger partial charge in [0, 0.05) is 9.86 Å². The van der Waals surface area contributed by atoms with Gasteiger partial charge in [-0.25, -0.2) is 4.98 Å². The average molecular weight is 336 g/mol. The smallest absolute Gasteiger partial charge is 0.0736 e. The molecule has 2 rings (SSSR count). The van der Waals surface area contributed by atoms with Crippen molar-refractivity contribution in [2.24, 2.45) is 11.8 Å². The molecule has 1 aromatic carbocycles. The largest absolute Gasteiger partial charge is 0.271 e. The Kier molecular flexibility index (Phi) is 5.52. The molecule has 0 aliphatic carbocycles. The van der Waals surface area contributed by atoms with Crippen LogP contribution in [0.5, 0.6) is 0 Å². The summed E-state index contributed by atoms with van der Waals surface area (Å²) >= 11 is 3.63. The summed E-state index contributed by atoms with van der Waals surface area (Å²) in [7, 11) is 0. The van der Waals surface area contributed by atoms with E-state index in [9.17, 15) is 0 Å². The van der Waals surface area contributed by atoms with Crippen molar-refractivity contribution in [3.63, 3.8) is 0 Å². The van der Waals surface area contributed by atoms with E-state index in [1.165, 1.54) is 12.8 Å². The van der Waals surface area contributed by atoms with Crippen molar-refractivity contribution in [1.82, 2.24) is 10.4 Å². The molecular weight excluding hydrogens is 314 g/mol. The summed E-state index contributed by atoms with van der Waals surface area (Å²) < 4.78 is 1.02. The number of nitrogens with one attached hydrogen (secondary N) is 1. The third kappa shape index (κ3) is 3.37. The maximum atomic E-state index is 5.76. The predicted octanol–water partition coefficient (Wildman–Crippen LogP) is 4.33. The van der Waals surface area contributed by atoms with Crippen LogP contribution in [0.2, 0.25) is 0 Å². The van der Waals surface area contributed by atoms with Crippen LogP contribution in [0.1, 0.15) is 44.8 Å². The van der Waals surface area contributed by atoms with Gasteiger partial charge in [-0.1, -0.05) is 44.9 Å². The fourth-order valence-corrected chi connectivity index (χ4v) is 3.17. The first kappa shape index (κ1) is 15.4. The van der Waals surface area contributed by atoms with Crippen LogP contribution >= 0.6 is 15.9 Å². The zero-order valence-corrected chi connectivity index (χ0v) is 13.7. The van der Waals surface area contributed by atoms with Gasteiger partial charge >= 0.3 is 0 Å². The standard InChI is InChI=1S/C16H22BrN3/c1-3-11(4-2)9-15(20-18)16-13(17)10-12-7-5-6-8-14(12)19-16/h5-8,10-11,15,20H,3-4,9,18H2,1-2H3. The van der Waals surface area contributed by atoms with Crippen LogP contribution in [-0.4, -0.2) is 4.98 Å². The Morgan fingerprint density at radius 3 is 2.60 bits per heavy atom. The summed E-state index contributed by atoms with van der Waals surface area (Å²) in [6.07, 6.45) is 3.34. The number of nitrogens with two attached hydrogens (primary N) is 1. The van der Waals surface area contributed by atoms with Crippen molar-refractivity contribution >= 4 is 26.8 Å². The first-order valence-electron chi connectivity index (χ1n) is 7.20. The van der Waals surface area contributed by atoms with Crippen LogP contribution in [0.15, 0.2) is 34.8 Å². The topological polar surface area (TPSA) is 50.9 Å². The molecule has 0 bridgehead atoms. The number of fused-ring (bicyclic) bond motifs is 1. The number of aromatic nitrogens is 1. The Morgan fingerprint density at radius 2 is 1.95 bits per heavy atom. The second-order valence-corrected chi connectivity index (χ2v) is 6.04. The van der Waals surface area contributed by atoms with Crippen molar-refractivity contribution in [3.8, 4) is 0 Å². The van der Waals surface area contributed by atoms with E-state index >= 15 is 0 Å². The second kappa shape index (κ2) is 7.16. The fourth-order valence-electron chi connectivity index (χ4n) is 2.56. The maximum Gasteiger partial charge on any atom is 0.0736 e. The highest BCUT2D eigenvalue weighted by atomic mass is 79.9. The molecule has 1 atom stereocenters. The van der Waals surface area contributed by atoms with Gasteiger partial charge in [-0.05, 0) is 40.4 Å².